The molecule has 2 unspecified atom stereocenters. The molecule has 3 aromatic heterocycles. The van der Waals surface area contributed by atoms with Gasteiger partial charge >= 0.3 is 11.6 Å². The summed E-state index contributed by atoms with van der Waals surface area (Å²) in [6.07, 6.45) is 7.46. The molecule has 0 radical (unpaired) electrons. The Labute approximate surface area is 194 Å². The predicted molar refractivity (Wildman–Crippen MR) is 122 cm³/mol. The van der Waals surface area contributed by atoms with Crippen LogP contribution in [0.1, 0.15) is 23.6 Å². The van der Waals surface area contributed by atoms with E-state index in [-0.39, 0.29) is 29.5 Å². The van der Waals surface area contributed by atoms with E-state index in [0.29, 0.717) is 16.2 Å². The first-order valence-corrected chi connectivity index (χ1v) is 11.8. The minimum absolute atomic E-state index is 0.0872. The number of pyridine rings is 1. The van der Waals surface area contributed by atoms with Gasteiger partial charge in [-0.2, -0.15) is 8.42 Å². The molecule has 34 heavy (non-hydrogen) atoms. The lowest BCUT2D eigenvalue weighted by Gasteiger charge is -2.21. The second-order valence-electron chi connectivity index (χ2n) is 7.70. The summed E-state index contributed by atoms with van der Waals surface area (Å²) in [5.41, 5.74) is 0.710. The average molecular weight is 488 g/mol. The summed E-state index contributed by atoms with van der Waals surface area (Å²) in [5, 5.41) is 0.710. The highest BCUT2D eigenvalue weighted by molar-refractivity contribution is 7.90. The van der Waals surface area contributed by atoms with Gasteiger partial charge in [-0.1, -0.05) is 13.0 Å². The molecule has 12 heteroatoms. The van der Waals surface area contributed by atoms with Crippen molar-refractivity contribution < 1.29 is 22.0 Å². The van der Waals surface area contributed by atoms with Gasteiger partial charge in [0.1, 0.15) is 11.5 Å². The van der Waals surface area contributed by atoms with Crippen molar-refractivity contribution in [2.75, 3.05) is 11.8 Å². The Bertz CT molecular complexity index is 1510. The number of aromatic nitrogens is 3. The first kappa shape index (κ1) is 23.5. The summed E-state index contributed by atoms with van der Waals surface area (Å²) in [6.45, 7) is 3.70. The van der Waals surface area contributed by atoms with Gasteiger partial charge in [-0.3, -0.25) is 4.72 Å². The molecular formula is C22H22FN5O5S. The summed E-state index contributed by atoms with van der Waals surface area (Å²) >= 11 is 0. The van der Waals surface area contributed by atoms with E-state index in [2.05, 4.69) is 15.0 Å². The van der Waals surface area contributed by atoms with Crippen molar-refractivity contribution in [3.63, 3.8) is 0 Å². The maximum atomic E-state index is 15.0. The molecule has 2 N–H and O–H groups in total. The molecule has 0 saturated carbocycles. The summed E-state index contributed by atoms with van der Waals surface area (Å²) in [4.78, 5) is 24.7. The first-order chi connectivity index (χ1) is 16.2. The molecule has 0 amide bonds. The molecule has 1 aliphatic carbocycles. The van der Waals surface area contributed by atoms with Gasteiger partial charge in [-0.05, 0) is 30.2 Å². The van der Waals surface area contributed by atoms with E-state index >= 15 is 0 Å². The molecule has 0 fully saturated rings. The fourth-order valence-electron chi connectivity index (χ4n) is 3.58. The maximum Gasteiger partial charge on any atom is 0.340 e. The van der Waals surface area contributed by atoms with Crippen molar-refractivity contribution in [2.24, 2.45) is 5.92 Å². The number of nitrogens with zero attached hydrogens (tertiary/aromatic N) is 3. The van der Waals surface area contributed by atoms with Crippen LogP contribution in [0.25, 0.3) is 12.2 Å². The molecule has 1 aliphatic rings. The van der Waals surface area contributed by atoms with E-state index < -0.39 is 33.6 Å². The fourth-order valence-corrected chi connectivity index (χ4v) is 4.08. The van der Waals surface area contributed by atoms with E-state index in [1.54, 1.807) is 31.5 Å². The zero-order valence-electron chi connectivity index (χ0n) is 18.6. The standard InChI is InChI=1S/C22H22FN5O5S/c1-12-9-15-13(2)16(10-14-5-8-25-20(19(14)23)28-34(30,31)24-3)21(29)32-18(15)11-17(12)33-22-26-6-4-7-27-22/h4-9,11-12,17,24H,10H2,1-3H3,(H,25,28). The van der Waals surface area contributed by atoms with Crippen LogP contribution >= 0.6 is 0 Å². The predicted octanol–water partition coefficient (Wildman–Crippen LogP) is 0.398. The molecule has 4 rings (SSSR count). The van der Waals surface area contributed by atoms with Crippen LogP contribution in [0.5, 0.6) is 6.01 Å². The number of ether oxygens (including phenoxy) is 1. The molecule has 0 saturated heterocycles. The van der Waals surface area contributed by atoms with Crippen LogP contribution in [0.3, 0.4) is 0 Å². The molecule has 178 valence electrons. The van der Waals surface area contributed by atoms with E-state index in [1.807, 2.05) is 22.4 Å². The van der Waals surface area contributed by atoms with Crippen molar-refractivity contribution in [3.05, 3.63) is 74.3 Å². The molecule has 3 heterocycles. The van der Waals surface area contributed by atoms with E-state index in [1.165, 1.54) is 19.3 Å². The van der Waals surface area contributed by atoms with Gasteiger partial charge in [0, 0.05) is 54.8 Å². The number of hydrogen-bond acceptors (Lipinski definition) is 8. The third-order valence-electron chi connectivity index (χ3n) is 5.45. The second-order valence-corrected chi connectivity index (χ2v) is 9.32. The summed E-state index contributed by atoms with van der Waals surface area (Å²) in [6, 6.07) is 3.27. The van der Waals surface area contributed by atoms with Crippen LogP contribution in [0.15, 0.2) is 39.9 Å². The lowest BCUT2D eigenvalue weighted by atomic mass is 9.94. The van der Waals surface area contributed by atoms with Crippen molar-refractivity contribution >= 4 is 28.2 Å². The largest absolute Gasteiger partial charge is 0.455 e. The van der Waals surface area contributed by atoms with Crippen molar-refractivity contribution in [1.82, 2.24) is 19.7 Å². The highest BCUT2D eigenvalue weighted by Gasteiger charge is 2.23. The molecule has 0 aromatic carbocycles. The summed E-state index contributed by atoms with van der Waals surface area (Å²) < 4.78 is 53.8. The van der Waals surface area contributed by atoms with Crippen LogP contribution in [0.2, 0.25) is 0 Å². The Morgan fingerprint density at radius 3 is 2.62 bits per heavy atom. The molecule has 2 atom stereocenters. The molecule has 0 spiro atoms. The molecule has 10 nitrogen and oxygen atoms in total. The first-order valence-electron chi connectivity index (χ1n) is 10.3. The average Bonchev–Trinajstić information content (AvgIpc) is 2.81. The van der Waals surface area contributed by atoms with Crippen LogP contribution in [0, 0.1) is 18.7 Å². The van der Waals surface area contributed by atoms with Crippen molar-refractivity contribution in [2.45, 2.75) is 26.4 Å². The quantitative estimate of drug-likeness (QED) is 0.489. The van der Waals surface area contributed by atoms with E-state index in [4.69, 9.17) is 9.15 Å². The highest BCUT2D eigenvalue weighted by atomic mass is 32.2. The van der Waals surface area contributed by atoms with E-state index in [9.17, 15) is 17.6 Å². The number of hydrogen-bond donors (Lipinski definition) is 2. The van der Waals surface area contributed by atoms with Gasteiger partial charge in [0.05, 0.1) is 0 Å². The zero-order chi connectivity index (χ0) is 24.5. The van der Waals surface area contributed by atoms with Crippen LogP contribution < -0.4 is 30.4 Å². The third-order valence-corrected chi connectivity index (χ3v) is 6.45. The van der Waals surface area contributed by atoms with Gasteiger partial charge in [0.2, 0.25) is 0 Å². The van der Waals surface area contributed by atoms with Gasteiger partial charge in [-0.15, -0.1) is 0 Å². The van der Waals surface area contributed by atoms with Crippen LogP contribution in [-0.2, 0) is 16.6 Å². The Kier molecular flexibility index (Phi) is 6.44. The van der Waals surface area contributed by atoms with Crippen molar-refractivity contribution in [3.8, 4) is 6.01 Å². The monoisotopic (exact) mass is 487 g/mol. The highest BCUT2D eigenvalue weighted by Crippen LogP contribution is 2.20. The van der Waals surface area contributed by atoms with Gasteiger partial charge in [0.25, 0.3) is 10.2 Å². The Morgan fingerprint density at radius 2 is 1.91 bits per heavy atom. The summed E-state index contributed by atoms with van der Waals surface area (Å²) in [7, 11) is -2.78. The minimum atomic E-state index is -3.96. The van der Waals surface area contributed by atoms with Crippen LogP contribution in [-0.4, -0.2) is 36.5 Å². The van der Waals surface area contributed by atoms with Crippen LogP contribution in [0.4, 0.5) is 10.2 Å². The second kappa shape index (κ2) is 9.31. The van der Waals surface area contributed by atoms with Crippen molar-refractivity contribution in [1.29, 1.82) is 0 Å². The SMILES string of the molecule is CNS(=O)(=O)Nc1nccc(Cc2c(C)c3c(oc2=O)=CC(Oc2ncccn2)C(C)C=3)c1F. The smallest absolute Gasteiger partial charge is 0.340 e. The number of halogens is 1. The zero-order valence-corrected chi connectivity index (χ0v) is 19.4. The number of rotatable bonds is 7. The van der Waals surface area contributed by atoms with E-state index in [0.717, 1.165) is 0 Å². The Hall–Kier alpha value is -3.64. The number of nitrogens with one attached hydrogen (secondary N) is 2. The van der Waals surface area contributed by atoms with Gasteiger partial charge in [0.15, 0.2) is 11.6 Å². The molecule has 3 aromatic rings. The fraction of sp³-hybridized carbons (Fsp3) is 0.273. The third kappa shape index (κ3) is 4.82. The lowest BCUT2D eigenvalue weighted by molar-refractivity contribution is 0.209. The molecule has 0 aliphatic heterocycles. The summed E-state index contributed by atoms with van der Waals surface area (Å²) in [5.74, 6) is -1.43. The minimum Gasteiger partial charge on any atom is -0.455 e. The Balaban J connectivity index is 1.70. The molecule has 0 bridgehead atoms. The normalized spacial score (nSPS) is 17.3. The number of anilines is 1. The number of fused-ring (bicyclic) bond motifs is 1. The lowest BCUT2D eigenvalue weighted by Crippen LogP contribution is -2.42. The maximum absolute atomic E-state index is 15.0. The van der Waals surface area contributed by atoms with Gasteiger partial charge in [-0.25, -0.2) is 28.9 Å². The Morgan fingerprint density at radius 1 is 1.18 bits per heavy atom. The van der Waals surface area contributed by atoms with Gasteiger partial charge < -0.3 is 9.15 Å². The molecular weight excluding hydrogens is 465 g/mol. The topological polar surface area (TPSA) is 136 Å².